The fourth-order valence-electron chi connectivity index (χ4n) is 4.66. The molecule has 0 bridgehead atoms. The summed E-state index contributed by atoms with van der Waals surface area (Å²) >= 11 is 1.35. The molecule has 0 atom stereocenters. The van der Waals surface area contributed by atoms with Crippen LogP contribution >= 0.6 is 11.3 Å². The van der Waals surface area contributed by atoms with E-state index in [4.69, 9.17) is 31.5 Å². The van der Waals surface area contributed by atoms with Crippen LogP contribution in [0, 0.1) is 5.92 Å². The first-order valence-corrected chi connectivity index (χ1v) is 17.3. The molecule has 15 heteroatoms. The standard InChI is InChI=1S/C29H32N4O5S2.C4H11NO3/c1-5-33(40(36,37)29(30)35)28-24(16-23(39-28)15-19(2)3)21-13-11-20(12-14-21)17-32-25(18-34)27(38-4)31-26(32)22-9-7-6-8-10-22;5-4(1-6,2-7)3-8/h6-14,16,18-19H,5,15,17H2,1-4H3,(H2,30,35);6-8H,1-3,5H2. The Bertz CT molecular complexity index is 1760. The number of amides is 1. The highest BCUT2D eigenvalue weighted by Gasteiger charge is 2.31. The third-order valence-electron chi connectivity index (χ3n) is 7.29. The molecule has 2 aromatic heterocycles. The van der Waals surface area contributed by atoms with Crippen molar-refractivity contribution in [3.05, 3.63) is 76.8 Å². The number of aliphatic hydroxyl groups excluding tert-OH is 3. The number of anilines is 1. The molecule has 0 spiro atoms. The summed E-state index contributed by atoms with van der Waals surface area (Å²) in [6, 6.07) is 19.2. The number of nitrogens with zero attached hydrogens (tertiary/aromatic N) is 3. The summed E-state index contributed by atoms with van der Waals surface area (Å²) in [5.41, 5.74) is 12.8. The van der Waals surface area contributed by atoms with E-state index in [0.717, 1.165) is 38.6 Å². The number of sulfonamides is 1. The van der Waals surface area contributed by atoms with E-state index in [9.17, 15) is 18.0 Å². The Hall–Kier alpha value is -4.12. The fourth-order valence-corrected chi connectivity index (χ4v) is 7.29. The van der Waals surface area contributed by atoms with E-state index >= 15 is 0 Å². The van der Waals surface area contributed by atoms with E-state index in [0.29, 0.717) is 34.5 Å². The second-order valence-electron chi connectivity index (χ2n) is 11.5. The van der Waals surface area contributed by atoms with E-state index in [-0.39, 0.29) is 12.4 Å². The van der Waals surface area contributed by atoms with Crippen LogP contribution in [0.3, 0.4) is 0 Å². The van der Waals surface area contributed by atoms with Crippen LogP contribution in [0.1, 0.15) is 41.7 Å². The summed E-state index contributed by atoms with van der Waals surface area (Å²) in [5, 5.41) is 24.1. The molecule has 260 valence electrons. The smallest absolute Gasteiger partial charge is 0.354 e. The normalized spacial score (nSPS) is 11.6. The van der Waals surface area contributed by atoms with Crippen LogP contribution in [0.15, 0.2) is 60.7 Å². The number of nitrogens with two attached hydrogens (primary N) is 2. The van der Waals surface area contributed by atoms with Gasteiger partial charge in [-0.1, -0.05) is 68.4 Å². The highest BCUT2D eigenvalue weighted by atomic mass is 32.2. The second kappa shape index (κ2) is 16.8. The summed E-state index contributed by atoms with van der Waals surface area (Å²) < 4.78 is 33.8. The van der Waals surface area contributed by atoms with Crippen molar-refractivity contribution in [1.29, 1.82) is 0 Å². The van der Waals surface area contributed by atoms with Crippen LogP contribution in [0.4, 0.5) is 9.80 Å². The lowest BCUT2D eigenvalue weighted by molar-refractivity contribution is 0.0697. The van der Waals surface area contributed by atoms with Gasteiger partial charge in [0.2, 0.25) is 5.88 Å². The third-order valence-corrected chi connectivity index (χ3v) is 10.1. The maximum absolute atomic E-state index is 12.8. The summed E-state index contributed by atoms with van der Waals surface area (Å²) in [4.78, 5) is 29.4. The van der Waals surface area contributed by atoms with Gasteiger partial charge in [0.1, 0.15) is 16.5 Å². The monoisotopic (exact) mass is 701 g/mol. The zero-order valence-corrected chi connectivity index (χ0v) is 29.0. The van der Waals surface area contributed by atoms with E-state index in [2.05, 4.69) is 18.8 Å². The van der Waals surface area contributed by atoms with E-state index in [1.165, 1.54) is 18.4 Å². The zero-order chi connectivity index (χ0) is 35.6. The van der Waals surface area contributed by atoms with Gasteiger partial charge in [0.15, 0.2) is 6.29 Å². The minimum Gasteiger partial charge on any atom is -0.479 e. The molecule has 0 radical (unpaired) electrons. The van der Waals surface area contributed by atoms with Gasteiger partial charge in [-0.3, -0.25) is 13.9 Å². The molecule has 0 aliphatic rings. The van der Waals surface area contributed by atoms with Crippen molar-refractivity contribution in [2.45, 2.75) is 39.3 Å². The molecule has 0 saturated heterocycles. The lowest BCUT2D eigenvalue weighted by Crippen LogP contribution is -2.50. The second-order valence-corrected chi connectivity index (χ2v) is 14.4. The lowest BCUT2D eigenvalue weighted by Gasteiger charge is -2.20. The number of rotatable bonds is 14. The number of aldehydes is 1. The first kappa shape index (κ1) is 38.3. The number of ether oxygens (including phenoxy) is 1. The largest absolute Gasteiger partial charge is 0.479 e. The number of aromatic nitrogens is 2. The number of carbonyl (C=O) groups excluding carboxylic acids is 2. The topological polar surface area (TPSA) is 211 Å². The van der Waals surface area contributed by atoms with Crippen LogP contribution in [-0.4, -0.2) is 83.8 Å². The SMILES string of the molecule is CCN(c1sc(CC(C)C)cc1-c1ccc(Cn2c(-c3ccccc3)nc(OC)c2C=O)cc1)S(=O)(=O)C(N)=O.NC(CO)(CO)CO. The maximum Gasteiger partial charge on any atom is 0.354 e. The number of imidazole rings is 1. The molecular weight excluding hydrogens is 659 g/mol. The van der Waals surface area contributed by atoms with Crippen molar-refractivity contribution < 1.29 is 38.1 Å². The van der Waals surface area contributed by atoms with Gasteiger partial charge in [0.25, 0.3) is 0 Å². The van der Waals surface area contributed by atoms with Crippen LogP contribution < -0.4 is 20.5 Å². The molecule has 2 aromatic carbocycles. The minimum absolute atomic E-state index is 0.0667. The highest BCUT2D eigenvalue weighted by Crippen LogP contribution is 2.41. The highest BCUT2D eigenvalue weighted by molar-refractivity contribution is 8.07. The minimum atomic E-state index is -4.35. The number of benzene rings is 2. The number of hydrogen-bond acceptors (Lipinski definition) is 11. The van der Waals surface area contributed by atoms with Crippen LogP contribution in [-0.2, 0) is 23.0 Å². The van der Waals surface area contributed by atoms with Gasteiger partial charge in [-0.05, 0) is 36.5 Å². The third kappa shape index (κ3) is 8.86. The van der Waals surface area contributed by atoms with Gasteiger partial charge in [0, 0.05) is 29.1 Å². The van der Waals surface area contributed by atoms with E-state index < -0.39 is 40.6 Å². The molecule has 4 aromatic rings. The zero-order valence-electron chi connectivity index (χ0n) is 27.4. The van der Waals surface area contributed by atoms with Crippen molar-refractivity contribution in [3.63, 3.8) is 0 Å². The molecule has 0 aliphatic carbocycles. The van der Waals surface area contributed by atoms with Crippen LogP contribution in [0.2, 0.25) is 0 Å². The van der Waals surface area contributed by atoms with Gasteiger partial charge < -0.3 is 36.1 Å². The molecular formula is C33H43N5O8S2. The Kier molecular flexibility index (Phi) is 13.4. The van der Waals surface area contributed by atoms with Crippen molar-refractivity contribution >= 4 is 37.9 Å². The number of methoxy groups -OCH3 is 1. The molecule has 0 fully saturated rings. The Morgan fingerprint density at radius 3 is 2.12 bits per heavy atom. The molecule has 48 heavy (non-hydrogen) atoms. The van der Waals surface area contributed by atoms with Crippen molar-refractivity contribution in [1.82, 2.24) is 9.55 Å². The number of hydrogen-bond donors (Lipinski definition) is 5. The predicted molar refractivity (Wildman–Crippen MR) is 187 cm³/mol. The Morgan fingerprint density at radius 1 is 1.06 bits per heavy atom. The number of thiophene rings is 1. The first-order chi connectivity index (χ1) is 22.8. The van der Waals surface area contributed by atoms with E-state index in [1.54, 1.807) is 6.92 Å². The Labute approximate surface area is 284 Å². The number of aliphatic hydroxyl groups is 3. The maximum atomic E-state index is 12.8. The lowest BCUT2D eigenvalue weighted by atomic mass is 10.0. The molecule has 13 nitrogen and oxygen atoms in total. The van der Waals surface area contributed by atoms with Crippen molar-refractivity contribution in [3.8, 4) is 28.4 Å². The van der Waals surface area contributed by atoms with Gasteiger partial charge in [-0.2, -0.15) is 13.4 Å². The summed E-state index contributed by atoms with van der Waals surface area (Å²) in [6.45, 7) is 5.07. The summed E-state index contributed by atoms with van der Waals surface area (Å²) in [5.74, 6) is 1.22. The molecule has 0 unspecified atom stereocenters. The Morgan fingerprint density at radius 2 is 1.67 bits per heavy atom. The Balaban J connectivity index is 0.000000694. The average molecular weight is 702 g/mol. The quantitative estimate of drug-likeness (QED) is 0.121. The molecule has 0 saturated carbocycles. The molecule has 7 N–H and O–H groups in total. The van der Waals surface area contributed by atoms with Gasteiger partial charge in [-0.15, -0.1) is 11.3 Å². The summed E-state index contributed by atoms with van der Waals surface area (Å²) in [6.07, 6.45) is 1.50. The molecule has 4 rings (SSSR count). The molecule has 0 aliphatic heterocycles. The average Bonchev–Trinajstić information content (AvgIpc) is 3.65. The van der Waals surface area contributed by atoms with Crippen molar-refractivity contribution in [2.24, 2.45) is 17.4 Å². The van der Waals surface area contributed by atoms with Crippen LogP contribution in [0.25, 0.3) is 22.5 Å². The fraction of sp³-hybridized carbons (Fsp3) is 0.364. The van der Waals surface area contributed by atoms with Gasteiger partial charge in [-0.25, -0.2) is 0 Å². The number of primary amides is 1. The first-order valence-electron chi connectivity index (χ1n) is 15.1. The van der Waals surface area contributed by atoms with Crippen molar-refractivity contribution in [2.75, 3.05) is 37.8 Å². The predicted octanol–water partition coefficient (Wildman–Crippen LogP) is 3.24. The van der Waals surface area contributed by atoms with E-state index in [1.807, 2.05) is 65.2 Å². The number of carbonyl (C=O) groups is 2. The molecule has 2 heterocycles. The summed E-state index contributed by atoms with van der Waals surface area (Å²) in [7, 11) is -2.87. The van der Waals surface area contributed by atoms with Gasteiger partial charge >= 0.3 is 15.3 Å². The van der Waals surface area contributed by atoms with Gasteiger partial charge in [0.05, 0.1) is 32.5 Å². The van der Waals surface area contributed by atoms with Crippen LogP contribution in [0.5, 0.6) is 5.88 Å². The molecule has 1 amide bonds.